The summed E-state index contributed by atoms with van der Waals surface area (Å²) in [6.07, 6.45) is 3.06. The Balaban J connectivity index is 2.36. The number of rotatable bonds is 6. The van der Waals surface area contributed by atoms with Crippen LogP contribution in [0.25, 0.3) is 0 Å². The van der Waals surface area contributed by atoms with Gasteiger partial charge in [0, 0.05) is 17.3 Å². The SMILES string of the molecule is COc1ccc([C@H](C[N+](=O)[O-])[C@@H]2CCCCC2=O)cc1OC. The summed E-state index contributed by atoms with van der Waals surface area (Å²) in [6.45, 7) is -0.244. The summed E-state index contributed by atoms with van der Waals surface area (Å²) in [6, 6.07) is 5.26. The second-order valence-corrected chi connectivity index (χ2v) is 5.55. The maximum Gasteiger partial charge on any atom is 0.211 e. The highest BCUT2D eigenvalue weighted by atomic mass is 16.6. The number of ether oxygens (including phenoxy) is 2. The van der Waals surface area contributed by atoms with Crippen molar-refractivity contribution in [1.29, 1.82) is 0 Å². The number of hydrogen-bond acceptors (Lipinski definition) is 5. The van der Waals surface area contributed by atoms with Gasteiger partial charge in [0.05, 0.1) is 20.1 Å². The molecule has 1 saturated carbocycles. The van der Waals surface area contributed by atoms with Gasteiger partial charge in [-0.3, -0.25) is 14.9 Å². The van der Waals surface area contributed by atoms with Gasteiger partial charge in [0.25, 0.3) is 0 Å². The fraction of sp³-hybridized carbons (Fsp3) is 0.562. The molecule has 1 aromatic rings. The number of methoxy groups -OCH3 is 2. The van der Waals surface area contributed by atoms with E-state index >= 15 is 0 Å². The van der Waals surface area contributed by atoms with Gasteiger partial charge >= 0.3 is 0 Å². The van der Waals surface area contributed by atoms with Crippen molar-refractivity contribution < 1.29 is 19.2 Å². The van der Waals surface area contributed by atoms with Gasteiger partial charge in [-0.25, -0.2) is 0 Å². The second-order valence-electron chi connectivity index (χ2n) is 5.55. The van der Waals surface area contributed by atoms with Crippen LogP contribution in [-0.4, -0.2) is 31.5 Å². The molecule has 2 rings (SSSR count). The molecule has 120 valence electrons. The lowest BCUT2D eigenvalue weighted by Crippen LogP contribution is -2.30. The lowest BCUT2D eigenvalue weighted by molar-refractivity contribution is -0.484. The number of ketones is 1. The van der Waals surface area contributed by atoms with Crippen LogP contribution in [0.2, 0.25) is 0 Å². The van der Waals surface area contributed by atoms with E-state index in [1.165, 1.54) is 14.2 Å². The Kier molecular flexibility index (Phi) is 5.35. The molecule has 0 bridgehead atoms. The highest BCUT2D eigenvalue weighted by Crippen LogP contribution is 2.37. The molecule has 0 aliphatic heterocycles. The molecule has 0 saturated heterocycles. The predicted molar refractivity (Wildman–Crippen MR) is 81.1 cm³/mol. The molecule has 2 atom stereocenters. The lowest BCUT2D eigenvalue weighted by Gasteiger charge is -2.27. The van der Waals surface area contributed by atoms with Crippen LogP contribution in [-0.2, 0) is 4.79 Å². The van der Waals surface area contributed by atoms with Crippen LogP contribution < -0.4 is 9.47 Å². The normalized spacial score (nSPS) is 19.5. The Hall–Kier alpha value is -2.11. The van der Waals surface area contributed by atoms with Gasteiger partial charge in [0.15, 0.2) is 11.5 Å². The summed E-state index contributed by atoms with van der Waals surface area (Å²) in [5, 5.41) is 11.0. The summed E-state index contributed by atoms with van der Waals surface area (Å²) in [7, 11) is 3.06. The van der Waals surface area contributed by atoms with Crippen molar-refractivity contribution in [3.63, 3.8) is 0 Å². The van der Waals surface area contributed by atoms with Gasteiger partial charge in [-0.1, -0.05) is 12.5 Å². The Labute approximate surface area is 129 Å². The first-order chi connectivity index (χ1) is 10.6. The largest absolute Gasteiger partial charge is 0.493 e. The average Bonchev–Trinajstić information content (AvgIpc) is 2.52. The number of hydrogen-bond donors (Lipinski definition) is 0. The highest BCUT2D eigenvalue weighted by Gasteiger charge is 2.34. The van der Waals surface area contributed by atoms with Crippen LogP contribution in [0.15, 0.2) is 18.2 Å². The minimum absolute atomic E-state index is 0.132. The molecule has 0 amide bonds. The van der Waals surface area contributed by atoms with E-state index in [1.807, 2.05) is 0 Å². The molecular weight excluding hydrogens is 286 g/mol. The van der Waals surface area contributed by atoms with E-state index in [4.69, 9.17) is 9.47 Å². The minimum Gasteiger partial charge on any atom is -0.493 e. The van der Waals surface area contributed by atoms with Crippen LogP contribution in [0, 0.1) is 16.0 Å². The summed E-state index contributed by atoms with van der Waals surface area (Å²) in [4.78, 5) is 22.9. The molecule has 6 nitrogen and oxygen atoms in total. The van der Waals surface area contributed by atoms with Crippen molar-refractivity contribution in [2.45, 2.75) is 31.6 Å². The molecule has 1 aliphatic rings. The average molecular weight is 307 g/mol. The van der Waals surface area contributed by atoms with E-state index in [-0.39, 0.29) is 23.2 Å². The monoisotopic (exact) mass is 307 g/mol. The summed E-state index contributed by atoms with van der Waals surface area (Å²) >= 11 is 0. The minimum atomic E-state index is -0.414. The molecule has 0 N–H and O–H groups in total. The molecule has 22 heavy (non-hydrogen) atoms. The van der Waals surface area contributed by atoms with Gasteiger partial charge in [-0.15, -0.1) is 0 Å². The van der Waals surface area contributed by atoms with E-state index < -0.39 is 5.92 Å². The van der Waals surface area contributed by atoms with Gasteiger partial charge in [0.2, 0.25) is 6.54 Å². The Morgan fingerprint density at radius 1 is 1.27 bits per heavy atom. The van der Waals surface area contributed by atoms with Gasteiger partial charge in [-0.2, -0.15) is 0 Å². The van der Waals surface area contributed by atoms with E-state index in [0.29, 0.717) is 24.3 Å². The topological polar surface area (TPSA) is 78.7 Å². The molecular formula is C16H21NO5. The number of carbonyl (C=O) groups excluding carboxylic acids is 1. The quantitative estimate of drug-likeness (QED) is 0.596. The van der Waals surface area contributed by atoms with Gasteiger partial charge in [-0.05, 0) is 30.5 Å². The third-order valence-corrected chi connectivity index (χ3v) is 4.27. The third kappa shape index (κ3) is 3.55. The first-order valence-corrected chi connectivity index (χ1v) is 7.43. The van der Waals surface area contributed by atoms with Crippen molar-refractivity contribution in [2.75, 3.05) is 20.8 Å². The van der Waals surface area contributed by atoms with Gasteiger partial charge < -0.3 is 9.47 Å². The summed E-state index contributed by atoms with van der Waals surface area (Å²) in [5.41, 5.74) is 0.759. The van der Waals surface area contributed by atoms with E-state index in [0.717, 1.165) is 18.4 Å². The fourth-order valence-electron chi connectivity index (χ4n) is 3.14. The van der Waals surface area contributed by atoms with E-state index in [2.05, 4.69) is 0 Å². The standard InChI is InChI=1S/C16H21NO5/c1-21-15-8-7-11(9-16(15)22-2)13(10-17(19)20)12-5-3-4-6-14(12)18/h7-9,12-13H,3-6,10H2,1-2H3/t12-,13-/m0/s1. The van der Waals surface area contributed by atoms with Crippen molar-refractivity contribution in [1.82, 2.24) is 0 Å². The first kappa shape index (κ1) is 16.3. The zero-order valence-corrected chi connectivity index (χ0v) is 12.9. The zero-order chi connectivity index (χ0) is 16.1. The van der Waals surface area contributed by atoms with E-state index in [9.17, 15) is 14.9 Å². The number of benzene rings is 1. The third-order valence-electron chi connectivity index (χ3n) is 4.27. The molecule has 0 spiro atoms. The van der Waals surface area contributed by atoms with E-state index in [1.54, 1.807) is 18.2 Å². The van der Waals surface area contributed by atoms with Crippen LogP contribution in [0.4, 0.5) is 0 Å². The van der Waals surface area contributed by atoms with Crippen LogP contribution >= 0.6 is 0 Å². The van der Waals surface area contributed by atoms with Gasteiger partial charge in [0.1, 0.15) is 5.78 Å². The van der Waals surface area contributed by atoms with Crippen molar-refractivity contribution >= 4 is 5.78 Å². The maximum absolute atomic E-state index is 12.2. The number of nitro groups is 1. The van der Waals surface area contributed by atoms with Crippen LogP contribution in [0.3, 0.4) is 0 Å². The van der Waals surface area contributed by atoms with Crippen LogP contribution in [0.5, 0.6) is 11.5 Å². The fourth-order valence-corrected chi connectivity index (χ4v) is 3.14. The maximum atomic E-state index is 12.2. The molecule has 1 aromatic carbocycles. The molecule has 0 aromatic heterocycles. The van der Waals surface area contributed by atoms with Crippen LogP contribution in [0.1, 0.15) is 37.2 Å². The lowest BCUT2D eigenvalue weighted by atomic mass is 9.76. The van der Waals surface area contributed by atoms with Crippen molar-refractivity contribution in [3.05, 3.63) is 33.9 Å². The number of carbonyl (C=O) groups is 1. The Morgan fingerprint density at radius 2 is 2.00 bits per heavy atom. The Bertz CT molecular complexity index is 557. The van der Waals surface area contributed by atoms with Crippen molar-refractivity contribution in [3.8, 4) is 11.5 Å². The predicted octanol–water partition coefficient (Wildman–Crippen LogP) is 2.82. The molecule has 6 heteroatoms. The summed E-state index contributed by atoms with van der Waals surface area (Å²) in [5.74, 6) is 0.533. The summed E-state index contributed by atoms with van der Waals surface area (Å²) < 4.78 is 10.5. The molecule has 0 unspecified atom stereocenters. The number of Topliss-reactive ketones (excluding diaryl/α,β-unsaturated/α-hetero) is 1. The molecule has 1 aliphatic carbocycles. The first-order valence-electron chi connectivity index (χ1n) is 7.43. The zero-order valence-electron chi connectivity index (χ0n) is 12.9. The molecule has 0 radical (unpaired) electrons. The molecule has 1 fully saturated rings. The second kappa shape index (κ2) is 7.24. The highest BCUT2D eigenvalue weighted by molar-refractivity contribution is 5.82. The smallest absolute Gasteiger partial charge is 0.211 e. The Morgan fingerprint density at radius 3 is 2.59 bits per heavy atom. The number of nitrogens with zero attached hydrogens (tertiary/aromatic N) is 1. The van der Waals surface area contributed by atoms with Crippen molar-refractivity contribution in [2.24, 2.45) is 5.92 Å². The molecule has 0 heterocycles.